The van der Waals surface area contributed by atoms with Gasteiger partial charge < -0.3 is 19.4 Å². The molecule has 0 bridgehead atoms. The fraction of sp³-hybridized carbons (Fsp3) is 0.156. The van der Waals surface area contributed by atoms with E-state index < -0.39 is 23.3 Å². The van der Waals surface area contributed by atoms with Crippen LogP contribution >= 0.6 is 0 Å². The Kier molecular flexibility index (Phi) is 7.51. The van der Waals surface area contributed by atoms with Crippen LogP contribution in [0.25, 0.3) is 11.0 Å². The molecule has 204 valence electrons. The van der Waals surface area contributed by atoms with E-state index in [9.17, 15) is 28.2 Å². The van der Waals surface area contributed by atoms with Gasteiger partial charge in [0, 0.05) is 5.92 Å². The van der Waals surface area contributed by atoms with Crippen LogP contribution in [0.3, 0.4) is 0 Å². The van der Waals surface area contributed by atoms with Crippen molar-refractivity contribution < 1.29 is 32.5 Å². The summed E-state index contributed by atoms with van der Waals surface area (Å²) in [5, 5.41) is 21.6. The van der Waals surface area contributed by atoms with E-state index in [4.69, 9.17) is 9.15 Å². The van der Waals surface area contributed by atoms with Crippen LogP contribution in [0.2, 0.25) is 0 Å². The molecule has 5 rings (SSSR count). The van der Waals surface area contributed by atoms with Gasteiger partial charge in [-0.05, 0) is 78.1 Å². The summed E-state index contributed by atoms with van der Waals surface area (Å²) in [5.41, 5.74) is 1.28. The number of alkyl halides is 3. The van der Waals surface area contributed by atoms with Gasteiger partial charge in [0.05, 0.1) is 16.5 Å². The first kappa shape index (κ1) is 26.9. The lowest BCUT2D eigenvalue weighted by molar-refractivity contribution is -0.137. The minimum Gasteiger partial charge on any atom is -0.508 e. The second kappa shape index (κ2) is 11.2. The fourth-order valence-electron chi connectivity index (χ4n) is 4.69. The first-order valence-corrected chi connectivity index (χ1v) is 12.6. The number of rotatable bonds is 8. The summed E-state index contributed by atoms with van der Waals surface area (Å²) in [7, 11) is 0. The number of halogens is 3. The van der Waals surface area contributed by atoms with Crippen molar-refractivity contribution in [3.8, 4) is 17.2 Å². The molecule has 1 aromatic heterocycles. The Morgan fingerprint density at radius 1 is 0.825 bits per heavy atom. The highest BCUT2D eigenvalue weighted by molar-refractivity contribution is 5.84. The van der Waals surface area contributed by atoms with Crippen molar-refractivity contribution in [3.05, 3.63) is 135 Å². The maximum atomic E-state index is 13.0. The molecule has 8 heteroatoms. The maximum Gasteiger partial charge on any atom is 0.416 e. The molecular weight excluding hydrogens is 521 g/mol. The largest absolute Gasteiger partial charge is 0.508 e. The van der Waals surface area contributed by atoms with E-state index in [1.54, 1.807) is 54.6 Å². The first-order chi connectivity index (χ1) is 19.2. The highest BCUT2D eigenvalue weighted by Crippen LogP contribution is 2.37. The third kappa shape index (κ3) is 5.96. The molecular formula is C32H25F3O5. The SMILES string of the molecule is O=c1oc2ccccc2c(O)c1[C@H](CCc1ccc(OCc2ccc(C(F)(F)F)cc2)cc1)c1cccc(O)c1. The average Bonchev–Trinajstić information content (AvgIpc) is 2.94. The summed E-state index contributed by atoms with van der Waals surface area (Å²) in [6.07, 6.45) is -3.41. The number of aromatic hydroxyl groups is 2. The smallest absolute Gasteiger partial charge is 0.416 e. The third-order valence-corrected chi connectivity index (χ3v) is 6.77. The van der Waals surface area contributed by atoms with Crippen LogP contribution in [0.4, 0.5) is 13.2 Å². The van der Waals surface area contributed by atoms with Crippen LogP contribution < -0.4 is 10.4 Å². The highest BCUT2D eigenvalue weighted by Gasteiger charge is 2.30. The van der Waals surface area contributed by atoms with Crippen molar-refractivity contribution in [2.24, 2.45) is 0 Å². The lowest BCUT2D eigenvalue weighted by atomic mass is 9.86. The Morgan fingerprint density at radius 2 is 1.52 bits per heavy atom. The number of ether oxygens (including phenoxy) is 1. The van der Waals surface area contributed by atoms with E-state index in [0.29, 0.717) is 35.1 Å². The minimum atomic E-state index is -4.38. The van der Waals surface area contributed by atoms with Crippen molar-refractivity contribution in [1.29, 1.82) is 0 Å². The second-order valence-corrected chi connectivity index (χ2v) is 9.46. The van der Waals surface area contributed by atoms with Gasteiger partial charge in [-0.1, -0.05) is 48.5 Å². The van der Waals surface area contributed by atoms with E-state index in [1.165, 1.54) is 18.2 Å². The number of aryl methyl sites for hydroxylation is 1. The fourth-order valence-corrected chi connectivity index (χ4v) is 4.69. The van der Waals surface area contributed by atoms with Gasteiger partial charge in [-0.3, -0.25) is 0 Å². The molecule has 0 spiro atoms. The number of fused-ring (bicyclic) bond motifs is 1. The van der Waals surface area contributed by atoms with Crippen molar-refractivity contribution in [2.45, 2.75) is 31.5 Å². The van der Waals surface area contributed by atoms with E-state index >= 15 is 0 Å². The molecule has 4 aromatic carbocycles. The number of hydrogen-bond donors (Lipinski definition) is 2. The van der Waals surface area contributed by atoms with Crippen molar-refractivity contribution in [3.63, 3.8) is 0 Å². The van der Waals surface area contributed by atoms with Gasteiger partial charge in [-0.2, -0.15) is 13.2 Å². The van der Waals surface area contributed by atoms with Crippen LogP contribution in [0.5, 0.6) is 17.2 Å². The summed E-state index contributed by atoms with van der Waals surface area (Å²) >= 11 is 0. The van der Waals surface area contributed by atoms with Crippen molar-refractivity contribution >= 4 is 11.0 Å². The zero-order chi connectivity index (χ0) is 28.3. The topological polar surface area (TPSA) is 79.9 Å². The zero-order valence-corrected chi connectivity index (χ0v) is 21.2. The molecule has 5 aromatic rings. The molecule has 0 unspecified atom stereocenters. The number of para-hydroxylation sites is 1. The van der Waals surface area contributed by atoms with E-state index in [-0.39, 0.29) is 29.3 Å². The Bertz CT molecular complexity index is 1670. The molecule has 5 nitrogen and oxygen atoms in total. The van der Waals surface area contributed by atoms with Crippen LogP contribution in [0, 0.1) is 0 Å². The summed E-state index contributed by atoms with van der Waals surface area (Å²) in [4.78, 5) is 13.0. The van der Waals surface area contributed by atoms with Crippen LogP contribution in [-0.2, 0) is 19.2 Å². The molecule has 0 aliphatic rings. The zero-order valence-electron chi connectivity index (χ0n) is 21.2. The monoisotopic (exact) mass is 546 g/mol. The van der Waals surface area contributed by atoms with Crippen LogP contribution in [0.15, 0.2) is 106 Å². The maximum absolute atomic E-state index is 13.0. The van der Waals surface area contributed by atoms with E-state index in [2.05, 4.69) is 0 Å². The van der Waals surface area contributed by atoms with Crippen molar-refractivity contribution in [2.75, 3.05) is 0 Å². The van der Waals surface area contributed by atoms with Gasteiger partial charge in [0.25, 0.3) is 0 Å². The van der Waals surface area contributed by atoms with E-state index in [1.807, 2.05) is 12.1 Å². The van der Waals surface area contributed by atoms with Crippen LogP contribution in [-0.4, -0.2) is 10.2 Å². The van der Waals surface area contributed by atoms with Crippen molar-refractivity contribution in [1.82, 2.24) is 0 Å². The van der Waals surface area contributed by atoms with Gasteiger partial charge in [0.2, 0.25) is 0 Å². The molecule has 0 aliphatic carbocycles. The van der Waals surface area contributed by atoms with E-state index in [0.717, 1.165) is 17.7 Å². The summed E-state index contributed by atoms with van der Waals surface area (Å²) < 4.78 is 49.5. The molecule has 0 amide bonds. The number of phenolic OH excluding ortho intramolecular Hbond substituents is 1. The molecule has 2 N–H and O–H groups in total. The predicted molar refractivity (Wildman–Crippen MR) is 145 cm³/mol. The Morgan fingerprint density at radius 3 is 2.23 bits per heavy atom. The highest BCUT2D eigenvalue weighted by atomic mass is 19.4. The van der Waals surface area contributed by atoms with Gasteiger partial charge >= 0.3 is 11.8 Å². The normalized spacial score (nSPS) is 12.4. The summed E-state index contributed by atoms with van der Waals surface area (Å²) in [6.45, 7) is 0.119. The molecule has 0 saturated carbocycles. The summed E-state index contributed by atoms with van der Waals surface area (Å²) in [5.74, 6) is -0.0986. The average molecular weight is 547 g/mol. The minimum absolute atomic E-state index is 0.0433. The lowest BCUT2D eigenvalue weighted by Crippen LogP contribution is -2.15. The number of benzene rings is 4. The third-order valence-electron chi connectivity index (χ3n) is 6.77. The summed E-state index contributed by atoms with van der Waals surface area (Å²) in [6, 6.07) is 25.4. The van der Waals surface area contributed by atoms with Crippen LogP contribution in [0.1, 0.15) is 40.2 Å². The second-order valence-electron chi connectivity index (χ2n) is 9.46. The molecule has 0 aliphatic heterocycles. The quantitative estimate of drug-likeness (QED) is 0.196. The standard InChI is InChI=1S/C32H25F3O5/c33-32(34,35)23-13-8-21(9-14-23)19-39-25-15-10-20(11-16-25)12-17-26(22-4-3-5-24(36)18-22)29-30(37)27-6-1-2-7-28(27)40-31(29)38/h1-11,13-16,18,26,36-37H,12,17,19H2/t26-/m1/s1. The van der Waals surface area contributed by atoms with Gasteiger partial charge in [-0.15, -0.1) is 0 Å². The Balaban J connectivity index is 1.33. The Labute approximate surface area is 227 Å². The predicted octanol–water partition coefficient (Wildman–Crippen LogP) is 7.57. The first-order valence-electron chi connectivity index (χ1n) is 12.6. The van der Waals surface area contributed by atoms with Gasteiger partial charge in [-0.25, -0.2) is 4.79 Å². The molecule has 40 heavy (non-hydrogen) atoms. The molecule has 0 saturated heterocycles. The lowest BCUT2D eigenvalue weighted by Gasteiger charge is -2.19. The number of phenols is 1. The van der Waals surface area contributed by atoms with Gasteiger partial charge in [0.1, 0.15) is 29.4 Å². The van der Waals surface area contributed by atoms with Gasteiger partial charge in [0.15, 0.2) is 0 Å². The molecule has 0 radical (unpaired) electrons. The molecule has 0 fully saturated rings. The number of hydrogen-bond acceptors (Lipinski definition) is 5. The Hall–Kier alpha value is -4.72. The molecule has 1 atom stereocenters. The molecule has 1 heterocycles.